The van der Waals surface area contributed by atoms with Gasteiger partial charge in [0.1, 0.15) is 0 Å². The van der Waals surface area contributed by atoms with E-state index in [-0.39, 0.29) is 11.1 Å². The van der Waals surface area contributed by atoms with E-state index in [1.807, 2.05) is 0 Å². The van der Waals surface area contributed by atoms with Gasteiger partial charge in [-0.15, -0.1) is 0 Å². The predicted octanol–water partition coefficient (Wildman–Crippen LogP) is 4.28. The molecule has 0 spiro atoms. The first-order chi connectivity index (χ1) is 9.29. The number of benzene rings is 2. The molecule has 0 aliphatic carbocycles. The number of carbonyl (C=O) groups is 1. The number of nitrogens with two attached hydrogens (primary N) is 1. The second-order valence-electron chi connectivity index (χ2n) is 4.15. The van der Waals surface area contributed by atoms with Crippen LogP contribution in [0.15, 0.2) is 46.9 Å². The molecule has 20 heavy (non-hydrogen) atoms. The second-order valence-corrected chi connectivity index (χ2v) is 5.00. The third kappa shape index (κ3) is 3.01. The minimum atomic E-state index is -4.48. The summed E-state index contributed by atoms with van der Waals surface area (Å²) >= 11 is 3.18. The van der Waals surface area contributed by atoms with Crippen LogP contribution in [0.25, 0.3) is 0 Å². The lowest BCUT2D eigenvalue weighted by Crippen LogP contribution is -2.08. The van der Waals surface area contributed by atoms with Gasteiger partial charge in [0.05, 0.1) is 5.56 Å². The third-order valence-electron chi connectivity index (χ3n) is 2.69. The summed E-state index contributed by atoms with van der Waals surface area (Å²) in [4.78, 5) is 12.2. The van der Waals surface area contributed by atoms with E-state index in [1.54, 1.807) is 0 Å². The average molecular weight is 344 g/mol. The Bertz CT molecular complexity index is 668. The smallest absolute Gasteiger partial charge is 0.399 e. The van der Waals surface area contributed by atoms with E-state index in [2.05, 4.69) is 15.9 Å². The maximum absolute atomic E-state index is 12.6. The van der Waals surface area contributed by atoms with E-state index >= 15 is 0 Å². The summed E-state index contributed by atoms with van der Waals surface area (Å²) in [7, 11) is 0. The van der Waals surface area contributed by atoms with Crippen LogP contribution in [0.2, 0.25) is 0 Å². The summed E-state index contributed by atoms with van der Waals surface area (Å²) in [6.07, 6.45) is -4.48. The number of rotatable bonds is 2. The zero-order valence-electron chi connectivity index (χ0n) is 10.0. The molecular formula is C14H9BrF3NO. The van der Waals surface area contributed by atoms with Crippen molar-refractivity contribution in [3.05, 3.63) is 63.6 Å². The molecule has 0 aromatic heterocycles. The van der Waals surface area contributed by atoms with Gasteiger partial charge in [-0.2, -0.15) is 13.2 Å². The van der Waals surface area contributed by atoms with Crippen molar-refractivity contribution in [1.82, 2.24) is 0 Å². The quantitative estimate of drug-likeness (QED) is 0.653. The first-order valence-corrected chi connectivity index (χ1v) is 6.35. The van der Waals surface area contributed by atoms with Crippen molar-refractivity contribution in [2.45, 2.75) is 6.18 Å². The fraction of sp³-hybridized carbons (Fsp3) is 0.0714. The van der Waals surface area contributed by atoms with Gasteiger partial charge in [-0.1, -0.05) is 12.1 Å². The lowest BCUT2D eigenvalue weighted by molar-refractivity contribution is -0.137. The highest BCUT2D eigenvalue weighted by atomic mass is 79.9. The number of hydrogen-bond acceptors (Lipinski definition) is 2. The first kappa shape index (κ1) is 14.6. The lowest BCUT2D eigenvalue weighted by Gasteiger charge is -2.09. The Labute approximate surface area is 121 Å². The van der Waals surface area contributed by atoms with Gasteiger partial charge >= 0.3 is 6.18 Å². The van der Waals surface area contributed by atoms with Crippen LogP contribution in [0.3, 0.4) is 0 Å². The Hall–Kier alpha value is -1.82. The van der Waals surface area contributed by atoms with Gasteiger partial charge in [0.25, 0.3) is 0 Å². The SMILES string of the molecule is Nc1ccc(C(=O)c2cccc(C(F)(F)F)c2)c(Br)c1. The minimum absolute atomic E-state index is 0.0229. The summed E-state index contributed by atoms with van der Waals surface area (Å²) in [5, 5.41) is 0. The summed E-state index contributed by atoms with van der Waals surface area (Å²) in [5.41, 5.74) is 5.40. The van der Waals surface area contributed by atoms with Gasteiger partial charge in [0, 0.05) is 21.3 Å². The van der Waals surface area contributed by atoms with Gasteiger partial charge in [0.2, 0.25) is 0 Å². The number of alkyl halides is 3. The van der Waals surface area contributed by atoms with E-state index < -0.39 is 17.5 Å². The fourth-order valence-electron chi connectivity index (χ4n) is 1.71. The van der Waals surface area contributed by atoms with Crippen molar-refractivity contribution in [3.63, 3.8) is 0 Å². The highest BCUT2D eigenvalue weighted by Crippen LogP contribution is 2.30. The highest BCUT2D eigenvalue weighted by Gasteiger charge is 2.31. The fourth-order valence-corrected chi connectivity index (χ4v) is 2.28. The highest BCUT2D eigenvalue weighted by molar-refractivity contribution is 9.10. The first-order valence-electron chi connectivity index (χ1n) is 5.56. The minimum Gasteiger partial charge on any atom is -0.399 e. The molecule has 2 N–H and O–H groups in total. The van der Waals surface area contributed by atoms with E-state index in [1.165, 1.54) is 30.3 Å². The van der Waals surface area contributed by atoms with E-state index in [0.29, 0.717) is 10.2 Å². The van der Waals surface area contributed by atoms with Crippen LogP contribution < -0.4 is 5.73 Å². The van der Waals surface area contributed by atoms with Crippen molar-refractivity contribution in [2.24, 2.45) is 0 Å². The van der Waals surface area contributed by atoms with E-state index in [9.17, 15) is 18.0 Å². The Balaban J connectivity index is 2.44. The normalized spacial score (nSPS) is 11.4. The van der Waals surface area contributed by atoms with Crippen LogP contribution in [-0.4, -0.2) is 5.78 Å². The number of hydrogen-bond donors (Lipinski definition) is 1. The molecule has 0 aliphatic rings. The van der Waals surface area contributed by atoms with Crippen LogP contribution in [0, 0.1) is 0 Å². The van der Waals surface area contributed by atoms with Crippen molar-refractivity contribution in [3.8, 4) is 0 Å². The van der Waals surface area contributed by atoms with Crippen molar-refractivity contribution in [1.29, 1.82) is 0 Å². The van der Waals surface area contributed by atoms with Gasteiger partial charge < -0.3 is 5.73 Å². The summed E-state index contributed by atoms with van der Waals surface area (Å²) < 4.78 is 38.3. The molecule has 0 saturated heterocycles. The number of nitrogen functional groups attached to an aromatic ring is 1. The van der Waals surface area contributed by atoms with Crippen LogP contribution in [0.1, 0.15) is 21.5 Å². The molecule has 104 valence electrons. The molecule has 0 fully saturated rings. The molecule has 2 nitrogen and oxygen atoms in total. The zero-order chi connectivity index (χ0) is 14.9. The Morgan fingerprint density at radius 3 is 2.40 bits per heavy atom. The molecule has 0 unspecified atom stereocenters. The molecule has 2 aromatic carbocycles. The molecule has 2 rings (SSSR count). The Kier molecular flexibility index (Phi) is 3.85. The molecule has 0 aliphatic heterocycles. The maximum Gasteiger partial charge on any atom is 0.416 e. The van der Waals surface area contributed by atoms with Crippen LogP contribution in [0.5, 0.6) is 0 Å². The molecule has 2 aromatic rings. The summed E-state index contributed by atoms with van der Waals surface area (Å²) in [6.45, 7) is 0. The van der Waals surface area contributed by atoms with Crippen LogP contribution in [-0.2, 0) is 6.18 Å². The van der Waals surface area contributed by atoms with E-state index in [4.69, 9.17) is 5.73 Å². The number of carbonyl (C=O) groups excluding carboxylic acids is 1. The molecule has 0 radical (unpaired) electrons. The van der Waals surface area contributed by atoms with Gasteiger partial charge in [-0.25, -0.2) is 0 Å². The van der Waals surface area contributed by atoms with Gasteiger partial charge in [0.15, 0.2) is 5.78 Å². The monoisotopic (exact) mass is 343 g/mol. The second kappa shape index (κ2) is 5.28. The van der Waals surface area contributed by atoms with Crippen molar-refractivity contribution in [2.75, 3.05) is 5.73 Å². The average Bonchev–Trinajstić information content (AvgIpc) is 2.37. The van der Waals surface area contributed by atoms with E-state index in [0.717, 1.165) is 12.1 Å². The summed E-state index contributed by atoms with van der Waals surface area (Å²) in [5.74, 6) is -0.497. The molecule has 0 saturated carbocycles. The number of anilines is 1. The van der Waals surface area contributed by atoms with Crippen molar-refractivity contribution < 1.29 is 18.0 Å². The molecule has 0 heterocycles. The predicted molar refractivity (Wildman–Crippen MR) is 73.4 cm³/mol. The van der Waals surface area contributed by atoms with Crippen LogP contribution in [0.4, 0.5) is 18.9 Å². The largest absolute Gasteiger partial charge is 0.416 e. The maximum atomic E-state index is 12.6. The lowest BCUT2D eigenvalue weighted by atomic mass is 10.0. The topological polar surface area (TPSA) is 43.1 Å². The molecule has 6 heteroatoms. The third-order valence-corrected chi connectivity index (χ3v) is 3.35. The zero-order valence-corrected chi connectivity index (χ0v) is 11.6. The number of ketones is 1. The van der Waals surface area contributed by atoms with Gasteiger partial charge in [-0.3, -0.25) is 4.79 Å². The van der Waals surface area contributed by atoms with Crippen molar-refractivity contribution >= 4 is 27.4 Å². The molecule has 0 bridgehead atoms. The molecule has 0 atom stereocenters. The molecular weight excluding hydrogens is 335 g/mol. The van der Waals surface area contributed by atoms with Crippen LogP contribution >= 0.6 is 15.9 Å². The summed E-state index contributed by atoms with van der Waals surface area (Å²) in [6, 6.07) is 8.84. The molecule has 0 amide bonds. The Morgan fingerprint density at radius 1 is 1.10 bits per heavy atom. The standard InChI is InChI=1S/C14H9BrF3NO/c15-12-7-10(19)4-5-11(12)13(20)8-2-1-3-9(6-8)14(16,17)18/h1-7H,19H2. The number of halogens is 4. The Morgan fingerprint density at radius 2 is 1.80 bits per heavy atom. The van der Waals surface area contributed by atoms with Gasteiger partial charge in [-0.05, 0) is 46.3 Å².